The van der Waals surface area contributed by atoms with Gasteiger partial charge in [0.1, 0.15) is 16.9 Å². The molecule has 0 N–H and O–H groups in total. The molecule has 2 rings (SSSR count). The fourth-order valence-corrected chi connectivity index (χ4v) is 3.19. The molecule has 1 fully saturated rings. The van der Waals surface area contributed by atoms with E-state index in [2.05, 4.69) is 4.98 Å². The third-order valence-electron chi connectivity index (χ3n) is 4.53. The Morgan fingerprint density at radius 2 is 1.65 bits per heavy atom. The molecule has 1 atom stereocenters. The van der Waals surface area contributed by atoms with Crippen LogP contribution >= 0.6 is 0 Å². The summed E-state index contributed by atoms with van der Waals surface area (Å²) in [5.41, 5.74) is -0.836. The van der Waals surface area contributed by atoms with Crippen LogP contribution in [-0.4, -0.2) is 57.3 Å². The van der Waals surface area contributed by atoms with Gasteiger partial charge in [0.15, 0.2) is 11.6 Å². The number of carbonyl (C=O) groups excluding carboxylic acids is 4. The summed E-state index contributed by atoms with van der Waals surface area (Å²) in [6.45, 7) is 11.1. The van der Waals surface area contributed by atoms with Crippen molar-refractivity contribution in [3.8, 4) is 0 Å². The molecule has 2 heterocycles. The molecule has 170 valence electrons. The first-order chi connectivity index (χ1) is 14.3. The van der Waals surface area contributed by atoms with E-state index in [4.69, 9.17) is 9.47 Å². The summed E-state index contributed by atoms with van der Waals surface area (Å²) in [6, 6.07) is 2.37. The molecule has 0 aromatic carbocycles. The van der Waals surface area contributed by atoms with Crippen LogP contribution < -0.4 is 0 Å². The van der Waals surface area contributed by atoms with Crippen LogP contribution in [0.2, 0.25) is 0 Å². The SMILES string of the molecule is CC(C)(C)OC(=O)c1ccc(C(=O)CCC(=O)[C@@H]2CCCN2C(=O)OC(C)(C)C)nc1. The largest absolute Gasteiger partial charge is 0.456 e. The van der Waals surface area contributed by atoms with Crippen molar-refractivity contribution in [2.75, 3.05) is 6.54 Å². The normalized spacial score (nSPS) is 16.7. The second-order valence-electron chi connectivity index (χ2n) is 9.66. The molecular weight excluding hydrogens is 400 g/mol. The topological polar surface area (TPSA) is 103 Å². The van der Waals surface area contributed by atoms with Crippen LogP contribution in [0, 0.1) is 0 Å². The van der Waals surface area contributed by atoms with E-state index in [9.17, 15) is 19.2 Å². The molecule has 1 aliphatic heterocycles. The first kappa shape index (κ1) is 24.5. The number of carbonyl (C=O) groups is 4. The zero-order valence-corrected chi connectivity index (χ0v) is 19.2. The van der Waals surface area contributed by atoms with E-state index in [1.807, 2.05) is 0 Å². The van der Waals surface area contributed by atoms with Gasteiger partial charge in [-0.25, -0.2) is 9.59 Å². The molecule has 0 radical (unpaired) electrons. The van der Waals surface area contributed by atoms with Gasteiger partial charge in [-0.3, -0.25) is 19.5 Å². The fraction of sp³-hybridized carbons (Fsp3) is 0.609. The van der Waals surface area contributed by atoms with Gasteiger partial charge in [-0.05, 0) is 66.5 Å². The van der Waals surface area contributed by atoms with Gasteiger partial charge < -0.3 is 9.47 Å². The lowest BCUT2D eigenvalue weighted by molar-refractivity contribution is -0.123. The maximum absolute atomic E-state index is 12.7. The van der Waals surface area contributed by atoms with E-state index in [0.717, 1.165) is 6.42 Å². The molecule has 0 bridgehead atoms. The zero-order valence-electron chi connectivity index (χ0n) is 19.2. The lowest BCUT2D eigenvalue weighted by atomic mass is 10.0. The molecule has 8 nitrogen and oxygen atoms in total. The van der Waals surface area contributed by atoms with Crippen molar-refractivity contribution in [1.82, 2.24) is 9.88 Å². The molecule has 1 aliphatic rings. The first-order valence-electron chi connectivity index (χ1n) is 10.5. The minimum Gasteiger partial charge on any atom is -0.456 e. The van der Waals surface area contributed by atoms with Gasteiger partial charge >= 0.3 is 12.1 Å². The van der Waals surface area contributed by atoms with E-state index < -0.39 is 29.3 Å². The highest BCUT2D eigenvalue weighted by molar-refractivity contribution is 5.98. The van der Waals surface area contributed by atoms with Crippen molar-refractivity contribution in [3.63, 3.8) is 0 Å². The molecule has 1 aromatic heterocycles. The van der Waals surface area contributed by atoms with Gasteiger partial charge in [0.25, 0.3) is 0 Å². The van der Waals surface area contributed by atoms with Crippen LogP contribution in [0.15, 0.2) is 18.3 Å². The number of amides is 1. The van der Waals surface area contributed by atoms with Crippen LogP contribution in [0.25, 0.3) is 0 Å². The van der Waals surface area contributed by atoms with Gasteiger partial charge in [0, 0.05) is 25.6 Å². The number of hydrogen-bond donors (Lipinski definition) is 0. The Morgan fingerprint density at radius 3 is 2.19 bits per heavy atom. The average molecular weight is 433 g/mol. The minimum atomic E-state index is -0.639. The summed E-state index contributed by atoms with van der Waals surface area (Å²) in [4.78, 5) is 55.0. The highest BCUT2D eigenvalue weighted by atomic mass is 16.6. The highest BCUT2D eigenvalue weighted by Gasteiger charge is 2.36. The standard InChI is InChI=1S/C23H32N2O6/c1-22(2,3)30-20(28)15-9-10-16(24-14-15)18(26)11-12-19(27)17-8-7-13-25(17)21(29)31-23(4,5)6/h9-10,14,17H,7-8,11-13H2,1-6H3/t17-/m0/s1. The Labute approximate surface area is 183 Å². The Bertz CT molecular complexity index is 833. The van der Waals surface area contributed by atoms with Crippen molar-refractivity contribution in [2.45, 2.75) is 84.5 Å². The quantitative estimate of drug-likeness (QED) is 0.495. The lowest BCUT2D eigenvalue weighted by Gasteiger charge is -2.27. The van der Waals surface area contributed by atoms with E-state index in [1.165, 1.54) is 23.2 Å². The number of ketones is 2. The second-order valence-corrected chi connectivity index (χ2v) is 9.66. The van der Waals surface area contributed by atoms with Crippen molar-refractivity contribution < 1.29 is 28.7 Å². The fourth-order valence-electron chi connectivity index (χ4n) is 3.19. The summed E-state index contributed by atoms with van der Waals surface area (Å²) in [5.74, 6) is -0.981. The zero-order chi connectivity index (χ0) is 23.4. The molecule has 1 saturated heterocycles. The van der Waals surface area contributed by atoms with Gasteiger partial charge in [0.2, 0.25) is 0 Å². The van der Waals surface area contributed by atoms with Crippen LogP contribution in [0.5, 0.6) is 0 Å². The van der Waals surface area contributed by atoms with Crippen LogP contribution in [-0.2, 0) is 14.3 Å². The summed E-state index contributed by atoms with van der Waals surface area (Å²) >= 11 is 0. The molecule has 0 saturated carbocycles. The molecule has 0 aliphatic carbocycles. The lowest BCUT2D eigenvalue weighted by Crippen LogP contribution is -2.43. The third kappa shape index (κ3) is 7.45. The number of rotatable bonds is 6. The van der Waals surface area contributed by atoms with E-state index in [0.29, 0.717) is 13.0 Å². The summed E-state index contributed by atoms with van der Waals surface area (Å²) in [5, 5.41) is 0. The molecule has 8 heteroatoms. The number of esters is 1. The Hall–Kier alpha value is -2.77. The van der Waals surface area contributed by atoms with Crippen LogP contribution in [0.3, 0.4) is 0 Å². The summed E-state index contributed by atoms with van der Waals surface area (Å²) in [6.07, 6.45) is 2.07. The van der Waals surface area contributed by atoms with Gasteiger partial charge in [-0.2, -0.15) is 0 Å². The molecule has 1 amide bonds. The second kappa shape index (κ2) is 9.58. The predicted octanol–water partition coefficient (Wildman–Crippen LogP) is 3.97. The van der Waals surface area contributed by atoms with Crippen LogP contribution in [0.1, 0.15) is 88.1 Å². The maximum atomic E-state index is 12.7. The first-order valence-corrected chi connectivity index (χ1v) is 10.5. The number of Topliss-reactive ketones (excluding diaryl/α,β-unsaturated/α-hetero) is 2. The van der Waals surface area contributed by atoms with E-state index >= 15 is 0 Å². The van der Waals surface area contributed by atoms with Crippen molar-refractivity contribution >= 4 is 23.6 Å². The molecule has 0 unspecified atom stereocenters. The Balaban J connectivity index is 1.92. The Morgan fingerprint density at radius 1 is 1.00 bits per heavy atom. The third-order valence-corrected chi connectivity index (χ3v) is 4.53. The summed E-state index contributed by atoms with van der Waals surface area (Å²) < 4.78 is 10.6. The predicted molar refractivity (Wildman–Crippen MR) is 114 cm³/mol. The average Bonchev–Trinajstić information content (AvgIpc) is 3.13. The highest BCUT2D eigenvalue weighted by Crippen LogP contribution is 2.23. The van der Waals surface area contributed by atoms with Gasteiger partial charge in [-0.1, -0.05) is 0 Å². The number of hydrogen-bond acceptors (Lipinski definition) is 7. The maximum Gasteiger partial charge on any atom is 0.410 e. The van der Waals surface area contributed by atoms with Crippen molar-refractivity contribution in [1.29, 1.82) is 0 Å². The van der Waals surface area contributed by atoms with Crippen LogP contribution in [0.4, 0.5) is 4.79 Å². The number of nitrogens with zero attached hydrogens (tertiary/aromatic N) is 2. The number of likely N-dealkylation sites (tertiary alicyclic amines) is 1. The molecule has 31 heavy (non-hydrogen) atoms. The summed E-state index contributed by atoms with van der Waals surface area (Å²) in [7, 11) is 0. The monoisotopic (exact) mass is 432 g/mol. The van der Waals surface area contributed by atoms with E-state index in [1.54, 1.807) is 41.5 Å². The molecule has 0 spiro atoms. The molecule has 1 aromatic rings. The number of aromatic nitrogens is 1. The number of pyridine rings is 1. The number of ether oxygens (including phenoxy) is 2. The Kier molecular flexibility index (Phi) is 7.57. The van der Waals surface area contributed by atoms with E-state index in [-0.39, 0.29) is 35.7 Å². The van der Waals surface area contributed by atoms with Crippen molar-refractivity contribution in [2.24, 2.45) is 0 Å². The smallest absolute Gasteiger partial charge is 0.410 e. The van der Waals surface area contributed by atoms with Gasteiger partial charge in [-0.15, -0.1) is 0 Å². The molecular formula is C23H32N2O6. The van der Waals surface area contributed by atoms with Crippen molar-refractivity contribution in [3.05, 3.63) is 29.6 Å². The van der Waals surface area contributed by atoms with Gasteiger partial charge in [0.05, 0.1) is 11.6 Å². The minimum absolute atomic E-state index is 0.0122.